The molecule has 1 atom stereocenters. The van der Waals surface area contributed by atoms with Gasteiger partial charge in [-0.3, -0.25) is 0 Å². The molecule has 0 radical (unpaired) electrons. The van der Waals surface area contributed by atoms with Crippen LogP contribution >= 0.6 is 12.4 Å². The molecule has 0 amide bonds. The van der Waals surface area contributed by atoms with E-state index in [0.29, 0.717) is 5.56 Å². The summed E-state index contributed by atoms with van der Waals surface area (Å²) in [6, 6.07) is 3.36. The summed E-state index contributed by atoms with van der Waals surface area (Å²) in [5.41, 5.74) is 7.21. The number of halogens is 3. The van der Waals surface area contributed by atoms with Crippen LogP contribution < -0.4 is 5.73 Å². The molecule has 0 bridgehead atoms. The van der Waals surface area contributed by atoms with Crippen molar-refractivity contribution in [1.82, 2.24) is 0 Å². The Balaban J connectivity index is 0.00000324. The number of nitrogens with two attached hydrogens (primary N) is 1. The van der Waals surface area contributed by atoms with Crippen molar-refractivity contribution in [2.75, 3.05) is 6.61 Å². The molecule has 0 aromatic heterocycles. The minimum atomic E-state index is -3.73. The second-order valence-corrected chi connectivity index (χ2v) is 4.18. The maximum atomic E-state index is 13.8. The molecule has 0 aliphatic rings. The molecule has 0 fully saturated rings. The number of rotatable bonds is 4. The highest BCUT2D eigenvalue weighted by molar-refractivity contribution is 5.85. The predicted octanol–water partition coefficient (Wildman–Crippen LogP) is 2.92. The molecular formula is C13H18ClF2NO2. The van der Waals surface area contributed by atoms with Crippen LogP contribution in [0.25, 0.3) is 0 Å². The summed E-state index contributed by atoms with van der Waals surface area (Å²) < 4.78 is 31.9. The van der Waals surface area contributed by atoms with E-state index in [1.54, 1.807) is 32.0 Å². The molecule has 0 heterocycles. The zero-order chi connectivity index (χ0) is 13.9. The molecule has 0 saturated heterocycles. The third-order valence-corrected chi connectivity index (χ3v) is 2.71. The summed E-state index contributed by atoms with van der Waals surface area (Å²) in [4.78, 5) is 11.2. The standard InChI is InChI=1S/C13H17F2NO2.ClH/c1-4-18-12(17)13(14,15)11(16)10-7-8(2)5-6-9(10)3;/h5-7,11H,4,16H2,1-3H3;1H/t11-;/m1./s1. The van der Waals surface area contributed by atoms with Crippen molar-refractivity contribution in [3.63, 3.8) is 0 Å². The van der Waals surface area contributed by atoms with Crippen molar-refractivity contribution in [2.24, 2.45) is 5.73 Å². The smallest absolute Gasteiger partial charge is 0.379 e. The lowest BCUT2D eigenvalue weighted by Gasteiger charge is -2.23. The molecule has 2 N–H and O–H groups in total. The van der Waals surface area contributed by atoms with Crippen LogP contribution in [-0.2, 0) is 9.53 Å². The lowest BCUT2D eigenvalue weighted by molar-refractivity contribution is -0.174. The average Bonchev–Trinajstić information content (AvgIpc) is 2.31. The van der Waals surface area contributed by atoms with E-state index in [2.05, 4.69) is 4.74 Å². The van der Waals surface area contributed by atoms with Gasteiger partial charge in [0.2, 0.25) is 0 Å². The Labute approximate surface area is 117 Å². The number of carbonyl (C=O) groups excluding carboxylic acids is 1. The zero-order valence-electron chi connectivity index (χ0n) is 11.1. The van der Waals surface area contributed by atoms with E-state index in [0.717, 1.165) is 5.56 Å². The molecule has 0 unspecified atom stereocenters. The predicted molar refractivity (Wildman–Crippen MR) is 71.7 cm³/mol. The highest BCUT2D eigenvalue weighted by Crippen LogP contribution is 2.32. The first-order valence-corrected chi connectivity index (χ1v) is 5.68. The van der Waals surface area contributed by atoms with Gasteiger partial charge >= 0.3 is 11.9 Å². The van der Waals surface area contributed by atoms with Gasteiger partial charge in [-0.05, 0) is 31.9 Å². The molecule has 6 heteroatoms. The van der Waals surface area contributed by atoms with Gasteiger partial charge in [0, 0.05) is 0 Å². The van der Waals surface area contributed by atoms with Gasteiger partial charge in [-0.2, -0.15) is 8.78 Å². The first-order valence-electron chi connectivity index (χ1n) is 5.68. The average molecular weight is 294 g/mol. The zero-order valence-corrected chi connectivity index (χ0v) is 11.9. The van der Waals surface area contributed by atoms with Crippen LogP contribution in [0.4, 0.5) is 8.78 Å². The van der Waals surface area contributed by atoms with Gasteiger partial charge in [-0.1, -0.05) is 23.8 Å². The number of hydrogen-bond acceptors (Lipinski definition) is 3. The Kier molecular flexibility index (Phi) is 6.39. The fraction of sp³-hybridized carbons (Fsp3) is 0.462. The SMILES string of the molecule is CCOC(=O)C(F)(F)[C@H](N)c1cc(C)ccc1C.Cl. The lowest BCUT2D eigenvalue weighted by atomic mass is 9.95. The number of hydrogen-bond donors (Lipinski definition) is 1. The second-order valence-electron chi connectivity index (χ2n) is 4.18. The van der Waals surface area contributed by atoms with Crippen LogP contribution in [0.5, 0.6) is 0 Å². The monoisotopic (exact) mass is 293 g/mol. The Morgan fingerprint density at radius 3 is 2.53 bits per heavy atom. The van der Waals surface area contributed by atoms with Crippen LogP contribution in [0, 0.1) is 13.8 Å². The van der Waals surface area contributed by atoms with E-state index in [4.69, 9.17) is 5.73 Å². The van der Waals surface area contributed by atoms with Gasteiger partial charge in [0.05, 0.1) is 6.61 Å². The Hall–Kier alpha value is -1.20. The van der Waals surface area contributed by atoms with Crippen LogP contribution in [0.3, 0.4) is 0 Å². The summed E-state index contributed by atoms with van der Waals surface area (Å²) in [6.45, 7) is 4.82. The lowest BCUT2D eigenvalue weighted by Crippen LogP contribution is -2.42. The molecule has 0 aliphatic heterocycles. The molecule has 0 spiro atoms. The largest absolute Gasteiger partial charge is 0.462 e. The third kappa shape index (κ3) is 3.88. The molecule has 0 aliphatic carbocycles. The number of esters is 1. The van der Waals surface area contributed by atoms with Crippen molar-refractivity contribution >= 4 is 18.4 Å². The Bertz CT molecular complexity index is 452. The molecule has 108 valence electrons. The highest BCUT2D eigenvalue weighted by atomic mass is 35.5. The number of ether oxygens (including phenoxy) is 1. The maximum Gasteiger partial charge on any atom is 0.379 e. The van der Waals surface area contributed by atoms with Gasteiger partial charge in [-0.15, -0.1) is 12.4 Å². The molecule has 19 heavy (non-hydrogen) atoms. The van der Waals surface area contributed by atoms with Crippen LogP contribution in [-0.4, -0.2) is 18.5 Å². The number of aryl methyl sites for hydroxylation is 2. The number of carbonyl (C=O) groups is 1. The van der Waals surface area contributed by atoms with E-state index < -0.39 is 17.9 Å². The normalized spacial score (nSPS) is 12.5. The van der Waals surface area contributed by atoms with E-state index in [1.807, 2.05) is 0 Å². The van der Waals surface area contributed by atoms with Gasteiger partial charge in [0.25, 0.3) is 0 Å². The third-order valence-electron chi connectivity index (χ3n) is 2.71. The van der Waals surface area contributed by atoms with Crippen molar-refractivity contribution in [3.05, 3.63) is 34.9 Å². The minimum Gasteiger partial charge on any atom is -0.462 e. The van der Waals surface area contributed by atoms with Gasteiger partial charge in [-0.25, -0.2) is 4.79 Å². The molecule has 1 aromatic rings. The number of alkyl halides is 2. The van der Waals surface area contributed by atoms with Crippen molar-refractivity contribution < 1.29 is 18.3 Å². The summed E-state index contributed by atoms with van der Waals surface area (Å²) in [6.07, 6.45) is 0. The van der Waals surface area contributed by atoms with E-state index in [-0.39, 0.29) is 24.6 Å². The van der Waals surface area contributed by atoms with E-state index in [9.17, 15) is 13.6 Å². The molecule has 0 saturated carbocycles. The fourth-order valence-corrected chi connectivity index (χ4v) is 1.64. The van der Waals surface area contributed by atoms with Gasteiger partial charge < -0.3 is 10.5 Å². The Morgan fingerprint density at radius 2 is 2.00 bits per heavy atom. The number of benzene rings is 1. The topological polar surface area (TPSA) is 52.3 Å². The van der Waals surface area contributed by atoms with E-state index >= 15 is 0 Å². The van der Waals surface area contributed by atoms with Gasteiger partial charge in [0.15, 0.2) is 0 Å². The first-order chi connectivity index (χ1) is 8.30. The van der Waals surface area contributed by atoms with Crippen LogP contribution in [0.2, 0.25) is 0 Å². The maximum absolute atomic E-state index is 13.8. The van der Waals surface area contributed by atoms with Crippen molar-refractivity contribution in [2.45, 2.75) is 32.7 Å². The molecule has 1 aromatic carbocycles. The Morgan fingerprint density at radius 1 is 1.42 bits per heavy atom. The second kappa shape index (κ2) is 6.82. The van der Waals surface area contributed by atoms with Gasteiger partial charge in [0.1, 0.15) is 6.04 Å². The van der Waals surface area contributed by atoms with Crippen molar-refractivity contribution in [1.29, 1.82) is 0 Å². The minimum absolute atomic E-state index is 0. The van der Waals surface area contributed by atoms with Crippen molar-refractivity contribution in [3.8, 4) is 0 Å². The first kappa shape index (κ1) is 17.8. The highest BCUT2D eigenvalue weighted by Gasteiger charge is 2.48. The van der Waals surface area contributed by atoms with E-state index in [1.165, 1.54) is 6.92 Å². The fourth-order valence-electron chi connectivity index (χ4n) is 1.64. The molecule has 3 nitrogen and oxygen atoms in total. The van der Waals surface area contributed by atoms with Crippen LogP contribution in [0.15, 0.2) is 18.2 Å². The summed E-state index contributed by atoms with van der Waals surface area (Å²) in [5, 5.41) is 0. The van der Waals surface area contributed by atoms with Crippen LogP contribution in [0.1, 0.15) is 29.7 Å². The summed E-state index contributed by atoms with van der Waals surface area (Å²) >= 11 is 0. The summed E-state index contributed by atoms with van der Waals surface area (Å²) in [5.74, 6) is -5.31. The molecular weight excluding hydrogens is 276 g/mol. The summed E-state index contributed by atoms with van der Waals surface area (Å²) in [7, 11) is 0. The quantitative estimate of drug-likeness (QED) is 0.869. The molecule has 1 rings (SSSR count).